The van der Waals surface area contributed by atoms with E-state index in [2.05, 4.69) is 15.5 Å². The number of urea groups is 1. The molecule has 1 heterocycles. The Morgan fingerprint density at radius 3 is 2.42 bits per heavy atom. The van der Waals surface area contributed by atoms with E-state index in [1.54, 1.807) is 18.2 Å². The van der Waals surface area contributed by atoms with Crippen molar-refractivity contribution in [2.24, 2.45) is 0 Å². The van der Waals surface area contributed by atoms with Gasteiger partial charge in [0.1, 0.15) is 5.82 Å². The van der Waals surface area contributed by atoms with Crippen LogP contribution in [-0.2, 0) is 0 Å². The number of hydrogen-bond acceptors (Lipinski definition) is 2. The molecular formula is C19H22FN3O. The van der Waals surface area contributed by atoms with Crippen LogP contribution in [0.2, 0.25) is 0 Å². The summed E-state index contributed by atoms with van der Waals surface area (Å²) in [5.74, 6) is -0.441. The molecule has 1 saturated heterocycles. The van der Waals surface area contributed by atoms with Crippen molar-refractivity contribution in [1.29, 1.82) is 0 Å². The zero-order valence-corrected chi connectivity index (χ0v) is 13.5. The van der Waals surface area contributed by atoms with Gasteiger partial charge in [0.15, 0.2) is 0 Å². The van der Waals surface area contributed by atoms with E-state index >= 15 is 0 Å². The molecule has 0 unspecified atom stereocenters. The zero-order chi connectivity index (χ0) is 16.8. The number of halogens is 1. The molecule has 1 aliphatic heterocycles. The van der Waals surface area contributed by atoms with Crippen molar-refractivity contribution >= 4 is 11.7 Å². The van der Waals surface area contributed by atoms with Gasteiger partial charge in [-0.05, 0) is 43.6 Å². The lowest BCUT2D eigenvalue weighted by atomic mass is 10.1. The number of rotatable bonds is 5. The van der Waals surface area contributed by atoms with E-state index in [0.29, 0.717) is 0 Å². The molecule has 1 fully saturated rings. The van der Waals surface area contributed by atoms with Gasteiger partial charge in [-0.1, -0.05) is 42.5 Å². The number of benzene rings is 2. The number of hydrogen-bond donors (Lipinski definition) is 2. The van der Waals surface area contributed by atoms with E-state index in [0.717, 1.165) is 25.2 Å². The lowest BCUT2D eigenvalue weighted by Crippen LogP contribution is -2.39. The molecule has 1 atom stereocenters. The van der Waals surface area contributed by atoms with Crippen molar-refractivity contribution < 1.29 is 9.18 Å². The molecule has 2 amide bonds. The zero-order valence-electron chi connectivity index (χ0n) is 13.5. The molecule has 1 aliphatic rings. The molecular weight excluding hydrogens is 305 g/mol. The summed E-state index contributed by atoms with van der Waals surface area (Å²) in [5.41, 5.74) is 1.23. The van der Waals surface area contributed by atoms with Crippen molar-refractivity contribution in [2.75, 3.05) is 25.0 Å². The van der Waals surface area contributed by atoms with Crippen LogP contribution in [0.4, 0.5) is 14.9 Å². The summed E-state index contributed by atoms with van der Waals surface area (Å²) in [5, 5.41) is 5.57. The SMILES string of the molecule is O=C(Nc1ccccc1F)N[C@@H](CN1CCCC1)c1ccccc1. The Bertz CT molecular complexity index is 671. The molecule has 0 aliphatic carbocycles. The number of amides is 2. The van der Waals surface area contributed by atoms with Crippen LogP contribution in [0.15, 0.2) is 54.6 Å². The van der Waals surface area contributed by atoms with Gasteiger partial charge in [0.2, 0.25) is 0 Å². The second kappa shape index (κ2) is 7.93. The average molecular weight is 327 g/mol. The fourth-order valence-electron chi connectivity index (χ4n) is 3.02. The number of likely N-dealkylation sites (tertiary alicyclic amines) is 1. The molecule has 24 heavy (non-hydrogen) atoms. The molecule has 2 aromatic rings. The Hall–Kier alpha value is -2.40. The maximum Gasteiger partial charge on any atom is 0.319 e. The number of carbonyl (C=O) groups excluding carboxylic acids is 1. The molecule has 2 N–H and O–H groups in total. The lowest BCUT2D eigenvalue weighted by molar-refractivity contribution is 0.240. The van der Waals surface area contributed by atoms with Gasteiger partial charge in [0.05, 0.1) is 11.7 Å². The van der Waals surface area contributed by atoms with Crippen LogP contribution in [0, 0.1) is 5.82 Å². The monoisotopic (exact) mass is 327 g/mol. The Kier molecular flexibility index (Phi) is 5.43. The van der Waals surface area contributed by atoms with Crippen LogP contribution in [0.1, 0.15) is 24.4 Å². The first-order chi connectivity index (χ1) is 11.7. The van der Waals surface area contributed by atoms with Crippen LogP contribution < -0.4 is 10.6 Å². The molecule has 0 spiro atoms. The van der Waals surface area contributed by atoms with Crippen LogP contribution >= 0.6 is 0 Å². The van der Waals surface area contributed by atoms with Crippen LogP contribution in [0.5, 0.6) is 0 Å². The highest BCUT2D eigenvalue weighted by atomic mass is 19.1. The van der Waals surface area contributed by atoms with Gasteiger partial charge in [0.25, 0.3) is 0 Å². The number of anilines is 1. The Balaban J connectivity index is 1.68. The first-order valence-electron chi connectivity index (χ1n) is 8.32. The predicted molar refractivity (Wildman–Crippen MR) is 93.4 cm³/mol. The van der Waals surface area contributed by atoms with Gasteiger partial charge in [-0.3, -0.25) is 0 Å². The number of nitrogens with zero attached hydrogens (tertiary/aromatic N) is 1. The molecule has 0 saturated carbocycles. The topological polar surface area (TPSA) is 44.4 Å². The summed E-state index contributed by atoms with van der Waals surface area (Å²) < 4.78 is 13.7. The third-order valence-electron chi connectivity index (χ3n) is 4.27. The maximum atomic E-state index is 13.7. The molecule has 126 valence electrons. The standard InChI is InChI=1S/C19H22FN3O/c20-16-10-4-5-11-17(16)21-19(24)22-18(14-23-12-6-7-13-23)15-8-2-1-3-9-15/h1-5,8-11,18H,6-7,12-14H2,(H2,21,22,24)/t18-/m0/s1. The number of nitrogens with one attached hydrogen (secondary N) is 2. The predicted octanol–water partition coefficient (Wildman–Crippen LogP) is 3.78. The summed E-state index contributed by atoms with van der Waals surface area (Å²) in [7, 11) is 0. The Labute approximate surface area is 141 Å². The third-order valence-corrected chi connectivity index (χ3v) is 4.27. The van der Waals surface area contributed by atoms with Crippen molar-refractivity contribution in [3.05, 3.63) is 66.0 Å². The minimum Gasteiger partial charge on any atom is -0.330 e. The van der Waals surface area contributed by atoms with Gasteiger partial charge in [-0.25, -0.2) is 9.18 Å². The molecule has 0 aromatic heterocycles. The summed E-state index contributed by atoms with van der Waals surface area (Å²) in [6.07, 6.45) is 2.39. The van der Waals surface area contributed by atoms with Crippen molar-refractivity contribution in [2.45, 2.75) is 18.9 Å². The highest BCUT2D eigenvalue weighted by molar-refractivity contribution is 5.89. The summed E-state index contributed by atoms with van der Waals surface area (Å²) in [4.78, 5) is 14.7. The largest absolute Gasteiger partial charge is 0.330 e. The normalized spacial score (nSPS) is 15.9. The van der Waals surface area contributed by atoms with E-state index < -0.39 is 11.8 Å². The van der Waals surface area contributed by atoms with E-state index in [9.17, 15) is 9.18 Å². The Morgan fingerprint density at radius 1 is 1.04 bits per heavy atom. The first-order valence-corrected chi connectivity index (χ1v) is 8.32. The molecule has 5 heteroatoms. The minimum atomic E-state index is -0.441. The second-order valence-electron chi connectivity index (χ2n) is 6.05. The van der Waals surface area contributed by atoms with Crippen LogP contribution in [0.25, 0.3) is 0 Å². The van der Waals surface area contributed by atoms with Gasteiger partial charge < -0.3 is 15.5 Å². The number of para-hydroxylation sites is 1. The third kappa shape index (κ3) is 4.32. The van der Waals surface area contributed by atoms with Crippen LogP contribution in [0.3, 0.4) is 0 Å². The molecule has 0 bridgehead atoms. The van der Waals surface area contributed by atoms with Crippen LogP contribution in [-0.4, -0.2) is 30.6 Å². The molecule has 3 rings (SSSR count). The van der Waals surface area contributed by atoms with Crippen molar-refractivity contribution in [3.63, 3.8) is 0 Å². The fourth-order valence-corrected chi connectivity index (χ4v) is 3.02. The van der Waals surface area contributed by atoms with Gasteiger partial charge in [-0.2, -0.15) is 0 Å². The van der Waals surface area contributed by atoms with E-state index in [1.165, 1.54) is 18.9 Å². The minimum absolute atomic E-state index is 0.129. The average Bonchev–Trinajstić information content (AvgIpc) is 3.10. The molecule has 4 nitrogen and oxygen atoms in total. The van der Waals surface area contributed by atoms with Gasteiger partial charge >= 0.3 is 6.03 Å². The molecule has 0 radical (unpaired) electrons. The maximum absolute atomic E-state index is 13.7. The number of carbonyl (C=O) groups is 1. The summed E-state index contributed by atoms with van der Waals surface area (Å²) in [6.45, 7) is 2.87. The smallest absolute Gasteiger partial charge is 0.319 e. The van der Waals surface area contributed by atoms with Crippen molar-refractivity contribution in [3.8, 4) is 0 Å². The van der Waals surface area contributed by atoms with E-state index in [-0.39, 0.29) is 11.7 Å². The highest BCUT2D eigenvalue weighted by Gasteiger charge is 2.21. The quantitative estimate of drug-likeness (QED) is 0.878. The van der Waals surface area contributed by atoms with Crippen molar-refractivity contribution in [1.82, 2.24) is 10.2 Å². The first kappa shape index (κ1) is 16.5. The second-order valence-corrected chi connectivity index (χ2v) is 6.05. The van der Waals surface area contributed by atoms with E-state index in [4.69, 9.17) is 0 Å². The van der Waals surface area contributed by atoms with Gasteiger partial charge in [0, 0.05) is 6.54 Å². The van der Waals surface area contributed by atoms with Gasteiger partial charge in [-0.15, -0.1) is 0 Å². The summed E-state index contributed by atoms with van der Waals surface area (Å²) >= 11 is 0. The molecule has 2 aromatic carbocycles. The summed E-state index contributed by atoms with van der Waals surface area (Å²) in [6, 6.07) is 15.5. The lowest BCUT2D eigenvalue weighted by Gasteiger charge is -2.25. The Morgan fingerprint density at radius 2 is 1.71 bits per heavy atom. The fraction of sp³-hybridized carbons (Fsp3) is 0.316. The highest BCUT2D eigenvalue weighted by Crippen LogP contribution is 2.18. The van der Waals surface area contributed by atoms with E-state index in [1.807, 2.05) is 30.3 Å².